The van der Waals surface area contributed by atoms with Gasteiger partial charge in [-0.15, -0.1) is 0 Å². The van der Waals surface area contributed by atoms with Crippen LogP contribution in [0.15, 0.2) is 42.5 Å². The van der Waals surface area contributed by atoms with Crippen molar-refractivity contribution >= 4 is 5.82 Å². The summed E-state index contributed by atoms with van der Waals surface area (Å²) in [4.78, 5) is 3.88. The number of hydrazine groups is 1. The number of pyridine rings is 1. The van der Waals surface area contributed by atoms with Crippen molar-refractivity contribution in [2.24, 2.45) is 5.84 Å². The van der Waals surface area contributed by atoms with Gasteiger partial charge in [0.25, 0.3) is 0 Å². The van der Waals surface area contributed by atoms with Crippen LogP contribution in [0.5, 0.6) is 11.6 Å². The van der Waals surface area contributed by atoms with Gasteiger partial charge in [0, 0.05) is 6.07 Å². The van der Waals surface area contributed by atoms with Gasteiger partial charge in [-0.25, -0.2) is 5.84 Å². The van der Waals surface area contributed by atoms with Crippen LogP contribution in [0.2, 0.25) is 0 Å². The van der Waals surface area contributed by atoms with E-state index < -0.39 is 11.7 Å². The number of rotatable bonds is 3. The SMILES string of the molecule is NNc1cccc(Oc2ccccc2C(F)(F)F)n1. The van der Waals surface area contributed by atoms with Gasteiger partial charge < -0.3 is 10.2 Å². The summed E-state index contributed by atoms with van der Waals surface area (Å²) in [5.74, 6) is 5.17. The number of halogens is 3. The highest BCUT2D eigenvalue weighted by Gasteiger charge is 2.34. The fourth-order valence-corrected chi connectivity index (χ4v) is 1.45. The molecule has 2 aromatic rings. The molecule has 0 fully saturated rings. The Morgan fingerprint density at radius 3 is 2.47 bits per heavy atom. The van der Waals surface area contributed by atoms with E-state index >= 15 is 0 Å². The van der Waals surface area contributed by atoms with E-state index in [4.69, 9.17) is 10.6 Å². The van der Waals surface area contributed by atoms with Gasteiger partial charge in [-0.1, -0.05) is 18.2 Å². The number of nitrogens with two attached hydrogens (primary N) is 1. The molecular weight excluding hydrogens is 259 g/mol. The summed E-state index contributed by atoms with van der Waals surface area (Å²) in [5, 5.41) is 0. The maximum Gasteiger partial charge on any atom is 0.419 e. The number of hydrogen-bond acceptors (Lipinski definition) is 4. The molecule has 1 aromatic carbocycles. The van der Waals surface area contributed by atoms with Crippen molar-refractivity contribution in [2.75, 3.05) is 5.43 Å². The van der Waals surface area contributed by atoms with E-state index in [1.807, 2.05) is 0 Å². The fraction of sp³-hybridized carbons (Fsp3) is 0.0833. The Labute approximate surface area is 107 Å². The molecular formula is C12H10F3N3O. The largest absolute Gasteiger partial charge is 0.438 e. The van der Waals surface area contributed by atoms with E-state index in [1.165, 1.54) is 24.3 Å². The summed E-state index contributed by atoms with van der Waals surface area (Å²) in [5.41, 5.74) is 1.43. The second-order valence-electron chi connectivity index (χ2n) is 3.60. The van der Waals surface area contributed by atoms with Crippen LogP contribution >= 0.6 is 0 Å². The molecule has 100 valence electrons. The molecule has 0 amide bonds. The van der Waals surface area contributed by atoms with Crippen molar-refractivity contribution in [3.8, 4) is 11.6 Å². The first-order valence-corrected chi connectivity index (χ1v) is 5.28. The van der Waals surface area contributed by atoms with Crippen LogP contribution < -0.4 is 16.0 Å². The summed E-state index contributed by atoms with van der Waals surface area (Å²) in [6, 6.07) is 9.48. The molecule has 1 aromatic heterocycles. The van der Waals surface area contributed by atoms with Crippen LogP contribution in [0.1, 0.15) is 5.56 Å². The lowest BCUT2D eigenvalue weighted by Crippen LogP contribution is -2.09. The Balaban J connectivity index is 2.33. The van der Waals surface area contributed by atoms with Gasteiger partial charge in [0.05, 0.1) is 5.56 Å². The number of alkyl halides is 3. The zero-order valence-corrected chi connectivity index (χ0v) is 9.61. The molecule has 2 rings (SSSR count). The number of para-hydroxylation sites is 1. The average molecular weight is 269 g/mol. The number of nitrogens with one attached hydrogen (secondary N) is 1. The molecule has 0 atom stereocenters. The summed E-state index contributed by atoms with van der Waals surface area (Å²) >= 11 is 0. The van der Waals surface area contributed by atoms with Gasteiger partial charge in [-0.3, -0.25) is 0 Å². The molecule has 0 aliphatic heterocycles. The zero-order valence-electron chi connectivity index (χ0n) is 9.61. The number of anilines is 1. The van der Waals surface area contributed by atoms with E-state index in [1.54, 1.807) is 12.1 Å². The average Bonchev–Trinajstić information content (AvgIpc) is 2.38. The minimum atomic E-state index is -4.49. The Bertz CT molecular complexity index is 572. The highest BCUT2D eigenvalue weighted by atomic mass is 19.4. The topological polar surface area (TPSA) is 60.2 Å². The third-order valence-electron chi connectivity index (χ3n) is 2.28. The summed E-state index contributed by atoms with van der Waals surface area (Å²) < 4.78 is 43.4. The minimum absolute atomic E-state index is 0.0205. The highest BCUT2D eigenvalue weighted by molar-refractivity contribution is 5.40. The van der Waals surface area contributed by atoms with Crippen molar-refractivity contribution in [2.45, 2.75) is 6.18 Å². The van der Waals surface area contributed by atoms with Crippen molar-refractivity contribution in [3.63, 3.8) is 0 Å². The van der Waals surface area contributed by atoms with Crippen LogP contribution in [0.3, 0.4) is 0 Å². The molecule has 0 aliphatic rings. The van der Waals surface area contributed by atoms with Crippen molar-refractivity contribution < 1.29 is 17.9 Å². The van der Waals surface area contributed by atoms with Crippen LogP contribution in [-0.4, -0.2) is 4.98 Å². The number of hydrogen-bond donors (Lipinski definition) is 2. The van der Waals surface area contributed by atoms with Gasteiger partial charge in [-0.2, -0.15) is 18.2 Å². The van der Waals surface area contributed by atoms with Crippen molar-refractivity contribution in [3.05, 3.63) is 48.0 Å². The normalized spacial score (nSPS) is 11.2. The lowest BCUT2D eigenvalue weighted by molar-refractivity contribution is -0.138. The summed E-state index contributed by atoms with van der Waals surface area (Å²) in [6.45, 7) is 0. The third kappa shape index (κ3) is 3.14. The maximum absolute atomic E-state index is 12.8. The number of nitrogen functional groups attached to an aromatic ring is 1. The molecule has 0 bridgehead atoms. The fourth-order valence-electron chi connectivity index (χ4n) is 1.45. The van der Waals surface area contributed by atoms with Gasteiger partial charge in [0.2, 0.25) is 5.88 Å². The molecule has 3 N–H and O–H groups in total. The monoisotopic (exact) mass is 269 g/mol. The van der Waals surface area contributed by atoms with E-state index in [0.29, 0.717) is 5.82 Å². The van der Waals surface area contributed by atoms with Gasteiger partial charge in [0.15, 0.2) is 0 Å². The quantitative estimate of drug-likeness (QED) is 0.663. The number of nitrogens with zero attached hydrogens (tertiary/aromatic N) is 1. The van der Waals surface area contributed by atoms with Gasteiger partial charge >= 0.3 is 6.18 Å². The Morgan fingerprint density at radius 2 is 1.79 bits per heavy atom. The molecule has 1 heterocycles. The molecule has 0 saturated carbocycles. The van der Waals surface area contributed by atoms with Gasteiger partial charge in [-0.05, 0) is 18.2 Å². The van der Waals surface area contributed by atoms with Crippen LogP contribution in [0.25, 0.3) is 0 Å². The molecule has 0 unspecified atom stereocenters. The minimum Gasteiger partial charge on any atom is -0.438 e. The molecule has 0 radical (unpaired) electrons. The third-order valence-corrected chi connectivity index (χ3v) is 2.28. The van der Waals surface area contributed by atoms with E-state index in [0.717, 1.165) is 6.07 Å². The van der Waals surface area contributed by atoms with E-state index in [2.05, 4.69) is 10.4 Å². The predicted molar refractivity (Wildman–Crippen MR) is 63.6 cm³/mol. The first-order chi connectivity index (χ1) is 9.00. The first kappa shape index (κ1) is 13.2. The lowest BCUT2D eigenvalue weighted by atomic mass is 10.2. The Hall–Kier alpha value is -2.28. The standard InChI is InChI=1S/C12H10F3N3O/c13-12(14,15)8-4-1-2-5-9(8)19-11-7-3-6-10(17-11)18-16/h1-7H,16H2,(H,17,18). The Kier molecular flexibility index (Phi) is 3.57. The van der Waals surface area contributed by atoms with Crippen molar-refractivity contribution in [1.82, 2.24) is 4.98 Å². The Morgan fingerprint density at radius 1 is 1.05 bits per heavy atom. The molecule has 0 saturated heterocycles. The van der Waals surface area contributed by atoms with E-state index in [-0.39, 0.29) is 11.6 Å². The number of benzene rings is 1. The second kappa shape index (κ2) is 5.15. The number of aromatic nitrogens is 1. The second-order valence-corrected chi connectivity index (χ2v) is 3.60. The predicted octanol–water partition coefficient (Wildman–Crippen LogP) is 3.18. The van der Waals surface area contributed by atoms with Crippen LogP contribution in [-0.2, 0) is 6.18 Å². The summed E-state index contributed by atoms with van der Waals surface area (Å²) in [7, 11) is 0. The van der Waals surface area contributed by atoms with Gasteiger partial charge in [0.1, 0.15) is 11.6 Å². The van der Waals surface area contributed by atoms with E-state index in [9.17, 15) is 13.2 Å². The first-order valence-electron chi connectivity index (χ1n) is 5.28. The summed E-state index contributed by atoms with van der Waals surface area (Å²) in [6.07, 6.45) is -4.49. The molecule has 0 aliphatic carbocycles. The van der Waals surface area contributed by atoms with Crippen molar-refractivity contribution in [1.29, 1.82) is 0 Å². The number of ether oxygens (including phenoxy) is 1. The zero-order chi connectivity index (χ0) is 13.9. The van der Waals surface area contributed by atoms with Crippen LogP contribution in [0, 0.1) is 0 Å². The lowest BCUT2D eigenvalue weighted by Gasteiger charge is -2.13. The highest BCUT2D eigenvalue weighted by Crippen LogP contribution is 2.37. The smallest absolute Gasteiger partial charge is 0.419 e. The molecule has 4 nitrogen and oxygen atoms in total. The molecule has 7 heteroatoms. The molecule has 0 spiro atoms. The van der Waals surface area contributed by atoms with Crippen LogP contribution in [0.4, 0.5) is 19.0 Å². The molecule has 19 heavy (non-hydrogen) atoms. The maximum atomic E-state index is 12.8.